The molecule has 0 aromatic carbocycles. The number of nitrogens with zero attached hydrogens (tertiary/aromatic N) is 2. The van der Waals surface area contributed by atoms with Crippen molar-refractivity contribution in [3.8, 4) is 0 Å². The van der Waals surface area contributed by atoms with Gasteiger partial charge in [0.05, 0.1) is 18.3 Å². The van der Waals surface area contributed by atoms with Gasteiger partial charge in [0.2, 0.25) is 5.91 Å². The molecule has 1 aliphatic heterocycles. The summed E-state index contributed by atoms with van der Waals surface area (Å²) in [6.07, 6.45) is 6.53. The maximum Gasteiger partial charge on any atom is 0.228 e. The maximum atomic E-state index is 12.3. The van der Waals surface area contributed by atoms with Gasteiger partial charge < -0.3 is 10.6 Å². The molecule has 2 heterocycles. The molecule has 2 rings (SSSR count). The summed E-state index contributed by atoms with van der Waals surface area (Å²) >= 11 is 0. The van der Waals surface area contributed by atoms with Gasteiger partial charge in [0.1, 0.15) is 0 Å². The van der Waals surface area contributed by atoms with Crippen molar-refractivity contribution in [2.24, 2.45) is 0 Å². The summed E-state index contributed by atoms with van der Waals surface area (Å²) in [6.45, 7) is 3.05. The molecule has 4 nitrogen and oxygen atoms in total. The summed E-state index contributed by atoms with van der Waals surface area (Å²) < 4.78 is 0. The number of nitrogens with two attached hydrogens (primary N) is 1. The molecule has 1 saturated heterocycles. The zero-order chi connectivity index (χ0) is 13.0. The largest absolute Gasteiger partial charge is 0.397 e. The van der Waals surface area contributed by atoms with Gasteiger partial charge in [0, 0.05) is 18.3 Å². The minimum Gasteiger partial charge on any atom is -0.397 e. The summed E-state index contributed by atoms with van der Waals surface area (Å²) in [5.41, 5.74) is 7.02. The molecule has 19 heavy (non-hydrogen) atoms. The number of hydrogen-bond acceptors (Lipinski definition) is 3. The lowest BCUT2D eigenvalue weighted by Crippen LogP contribution is -2.44. The fourth-order valence-electron chi connectivity index (χ4n) is 2.55. The first kappa shape index (κ1) is 15.8. The number of pyridine rings is 1. The predicted octanol–water partition coefficient (Wildman–Crippen LogP) is 2.42. The van der Waals surface area contributed by atoms with Crippen LogP contribution < -0.4 is 5.73 Å². The molecule has 0 aliphatic carbocycles. The number of halogens is 1. The smallest absolute Gasteiger partial charge is 0.228 e. The topological polar surface area (TPSA) is 59.2 Å². The summed E-state index contributed by atoms with van der Waals surface area (Å²) in [7, 11) is 0. The van der Waals surface area contributed by atoms with Crippen LogP contribution in [0.5, 0.6) is 0 Å². The Hall–Kier alpha value is -1.29. The Labute approximate surface area is 120 Å². The molecule has 1 aromatic heterocycles. The van der Waals surface area contributed by atoms with Crippen molar-refractivity contribution in [1.29, 1.82) is 0 Å². The molecule has 0 saturated carbocycles. The SMILES string of the molecule is CCC1CCCCN1C(=O)Cc1ccc(N)cn1.Cl. The highest BCUT2D eigenvalue weighted by atomic mass is 35.5. The summed E-state index contributed by atoms with van der Waals surface area (Å²) in [4.78, 5) is 18.5. The second kappa shape index (κ2) is 7.34. The predicted molar refractivity (Wildman–Crippen MR) is 79.2 cm³/mol. The third kappa shape index (κ3) is 4.10. The van der Waals surface area contributed by atoms with E-state index in [1.54, 1.807) is 12.3 Å². The summed E-state index contributed by atoms with van der Waals surface area (Å²) in [5.74, 6) is 0.193. The fraction of sp³-hybridized carbons (Fsp3) is 0.571. The van der Waals surface area contributed by atoms with Crippen molar-refractivity contribution in [3.63, 3.8) is 0 Å². The van der Waals surface area contributed by atoms with Crippen molar-refractivity contribution in [3.05, 3.63) is 24.0 Å². The molecular formula is C14H22ClN3O. The molecule has 0 radical (unpaired) electrons. The molecule has 1 atom stereocenters. The first-order chi connectivity index (χ1) is 8.70. The molecule has 1 aliphatic rings. The van der Waals surface area contributed by atoms with Gasteiger partial charge in [-0.05, 0) is 37.8 Å². The molecule has 1 unspecified atom stereocenters. The van der Waals surface area contributed by atoms with E-state index >= 15 is 0 Å². The lowest BCUT2D eigenvalue weighted by atomic mass is 9.99. The fourth-order valence-corrected chi connectivity index (χ4v) is 2.55. The van der Waals surface area contributed by atoms with Crippen molar-refractivity contribution in [2.75, 3.05) is 12.3 Å². The molecule has 5 heteroatoms. The molecule has 0 spiro atoms. The van der Waals surface area contributed by atoms with Crippen molar-refractivity contribution in [1.82, 2.24) is 9.88 Å². The van der Waals surface area contributed by atoms with E-state index in [9.17, 15) is 4.79 Å². The van der Waals surface area contributed by atoms with E-state index in [2.05, 4.69) is 11.9 Å². The third-order valence-electron chi connectivity index (χ3n) is 3.60. The van der Waals surface area contributed by atoms with Crippen LogP contribution in [0.3, 0.4) is 0 Å². The number of hydrogen-bond donors (Lipinski definition) is 1. The highest BCUT2D eigenvalue weighted by Crippen LogP contribution is 2.20. The van der Waals surface area contributed by atoms with Crippen LogP contribution in [0.15, 0.2) is 18.3 Å². The number of carbonyl (C=O) groups is 1. The number of anilines is 1. The van der Waals surface area contributed by atoms with Crippen molar-refractivity contribution >= 4 is 24.0 Å². The molecule has 106 valence electrons. The van der Waals surface area contributed by atoms with Crippen molar-refractivity contribution in [2.45, 2.75) is 45.1 Å². The van der Waals surface area contributed by atoms with E-state index in [0.717, 1.165) is 31.5 Å². The Balaban J connectivity index is 0.00000180. The molecule has 1 aromatic rings. The van der Waals surface area contributed by atoms with Gasteiger partial charge in [0.25, 0.3) is 0 Å². The number of piperidine rings is 1. The van der Waals surface area contributed by atoms with Gasteiger partial charge in [-0.3, -0.25) is 9.78 Å². The first-order valence-electron chi connectivity index (χ1n) is 6.70. The van der Waals surface area contributed by atoms with Crippen LogP contribution in [-0.4, -0.2) is 28.4 Å². The monoisotopic (exact) mass is 283 g/mol. The number of rotatable bonds is 3. The van der Waals surface area contributed by atoms with Crippen LogP contribution in [0.25, 0.3) is 0 Å². The van der Waals surface area contributed by atoms with Gasteiger partial charge in [0.15, 0.2) is 0 Å². The number of aromatic nitrogens is 1. The molecule has 1 amide bonds. The number of carbonyl (C=O) groups excluding carboxylic acids is 1. The molecule has 0 bridgehead atoms. The minimum atomic E-state index is 0. The average molecular weight is 284 g/mol. The van der Waals surface area contributed by atoms with Crippen LogP contribution in [0, 0.1) is 0 Å². The zero-order valence-corrected chi connectivity index (χ0v) is 12.2. The Morgan fingerprint density at radius 1 is 1.47 bits per heavy atom. The van der Waals surface area contributed by atoms with Crippen LogP contribution in [0.2, 0.25) is 0 Å². The van der Waals surface area contributed by atoms with Crippen LogP contribution in [-0.2, 0) is 11.2 Å². The second-order valence-electron chi connectivity index (χ2n) is 4.90. The highest BCUT2D eigenvalue weighted by molar-refractivity contribution is 5.85. The average Bonchev–Trinajstić information content (AvgIpc) is 2.41. The Morgan fingerprint density at radius 2 is 2.26 bits per heavy atom. The molecule has 2 N–H and O–H groups in total. The summed E-state index contributed by atoms with van der Waals surface area (Å²) in [5, 5.41) is 0. The number of nitrogen functional groups attached to an aromatic ring is 1. The van der Waals surface area contributed by atoms with E-state index < -0.39 is 0 Å². The maximum absolute atomic E-state index is 12.3. The number of likely N-dealkylation sites (tertiary alicyclic amines) is 1. The zero-order valence-electron chi connectivity index (χ0n) is 11.3. The van der Waals surface area contributed by atoms with Gasteiger partial charge >= 0.3 is 0 Å². The van der Waals surface area contributed by atoms with E-state index in [1.165, 1.54) is 6.42 Å². The van der Waals surface area contributed by atoms with E-state index in [-0.39, 0.29) is 18.3 Å². The first-order valence-corrected chi connectivity index (χ1v) is 6.70. The van der Waals surface area contributed by atoms with E-state index in [1.807, 2.05) is 11.0 Å². The van der Waals surface area contributed by atoms with Crippen LogP contribution >= 0.6 is 12.4 Å². The number of amides is 1. The van der Waals surface area contributed by atoms with E-state index in [0.29, 0.717) is 18.2 Å². The lowest BCUT2D eigenvalue weighted by Gasteiger charge is -2.35. The minimum absolute atomic E-state index is 0. The standard InChI is InChI=1S/C14H21N3O.ClH/c1-2-13-5-3-4-8-17(13)14(18)9-12-7-6-11(15)10-16-12;/h6-7,10,13H,2-5,8-9,15H2,1H3;1H. The molecular weight excluding hydrogens is 262 g/mol. The van der Waals surface area contributed by atoms with Gasteiger partial charge in [-0.15, -0.1) is 12.4 Å². The van der Waals surface area contributed by atoms with Crippen molar-refractivity contribution < 1.29 is 4.79 Å². The normalized spacial score (nSPS) is 18.8. The molecule has 1 fully saturated rings. The van der Waals surface area contributed by atoms with Crippen LogP contribution in [0.4, 0.5) is 5.69 Å². The Bertz CT molecular complexity index is 408. The third-order valence-corrected chi connectivity index (χ3v) is 3.60. The Morgan fingerprint density at radius 3 is 2.89 bits per heavy atom. The lowest BCUT2D eigenvalue weighted by molar-refractivity contribution is -0.134. The van der Waals surface area contributed by atoms with E-state index in [4.69, 9.17) is 5.73 Å². The van der Waals surface area contributed by atoms with Gasteiger partial charge in [-0.2, -0.15) is 0 Å². The quantitative estimate of drug-likeness (QED) is 0.927. The summed E-state index contributed by atoms with van der Waals surface area (Å²) in [6, 6.07) is 4.04. The second-order valence-corrected chi connectivity index (χ2v) is 4.90. The van der Waals surface area contributed by atoms with Gasteiger partial charge in [-0.25, -0.2) is 0 Å². The van der Waals surface area contributed by atoms with Gasteiger partial charge in [-0.1, -0.05) is 6.92 Å². The highest BCUT2D eigenvalue weighted by Gasteiger charge is 2.25. The van der Waals surface area contributed by atoms with Crippen LogP contribution in [0.1, 0.15) is 38.3 Å². The Kier molecular flexibility index (Phi) is 6.09.